The summed E-state index contributed by atoms with van der Waals surface area (Å²) in [6, 6.07) is 18.7. The summed E-state index contributed by atoms with van der Waals surface area (Å²) in [4.78, 5) is 15.4. The SMILES string of the molecule is O=C1c2[nH]nc(-c3ccccc3)c2C(c2ccc(Br)cc2)N1C1CCCC1. The Morgan fingerprint density at radius 3 is 2.41 bits per heavy atom. The lowest BCUT2D eigenvalue weighted by atomic mass is 9.95. The van der Waals surface area contributed by atoms with Gasteiger partial charge in [-0.15, -0.1) is 0 Å². The van der Waals surface area contributed by atoms with E-state index in [2.05, 4.69) is 55.3 Å². The van der Waals surface area contributed by atoms with Crippen molar-refractivity contribution in [2.24, 2.45) is 0 Å². The summed E-state index contributed by atoms with van der Waals surface area (Å²) < 4.78 is 1.04. The number of amides is 1. The number of H-pyrrole nitrogens is 1. The van der Waals surface area contributed by atoms with Gasteiger partial charge in [-0.05, 0) is 30.5 Å². The van der Waals surface area contributed by atoms with Crippen molar-refractivity contribution in [3.8, 4) is 11.3 Å². The molecule has 1 N–H and O–H groups in total. The lowest BCUT2D eigenvalue weighted by Gasteiger charge is -2.31. The van der Waals surface area contributed by atoms with Crippen LogP contribution >= 0.6 is 15.9 Å². The van der Waals surface area contributed by atoms with Crippen molar-refractivity contribution < 1.29 is 4.79 Å². The summed E-state index contributed by atoms with van der Waals surface area (Å²) in [5, 5.41) is 7.58. The molecule has 0 bridgehead atoms. The number of carbonyl (C=O) groups excluding carboxylic acids is 1. The monoisotopic (exact) mass is 421 g/mol. The number of hydrogen-bond donors (Lipinski definition) is 1. The van der Waals surface area contributed by atoms with Gasteiger partial charge in [-0.25, -0.2) is 0 Å². The number of halogens is 1. The standard InChI is InChI=1S/C22H20BrN3O/c23-16-12-10-15(11-13-16)21-18-19(14-6-2-1-3-7-14)24-25-20(18)22(27)26(21)17-8-4-5-9-17/h1-3,6-7,10-13,17,21H,4-5,8-9H2,(H,24,25). The third-order valence-corrected chi connectivity index (χ3v) is 6.28. The van der Waals surface area contributed by atoms with Crippen LogP contribution in [0.25, 0.3) is 11.3 Å². The van der Waals surface area contributed by atoms with Crippen molar-refractivity contribution in [2.45, 2.75) is 37.8 Å². The van der Waals surface area contributed by atoms with Crippen LogP contribution in [0.15, 0.2) is 59.1 Å². The molecule has 1 fully saturated rings. The van der Waals surface area contributed by atoms with Crippen LogP contribution in [-0.4, -0.2) is 27.0 Å². The molecule has 2 heterocycles. The zero-order valence-electron chi connectivity index (χ0n) is 14.9. The van der Waals surface area contributed by atoms with Crippen LogP contribution in [0, 0.1) is 0 Å². The zero-order valence-corrected chi connectivity index (χ0v) is 16.4. The molecule has 1 aromatic heterocycles. The number of carbonyl (C=O) groups is 1. The topological polar surface area (TPSA) is 49.0 Å². The summed E-state index contributed by atoms with van der Waals surface area (Å²) in [7, 11) is 0. The van der Waals surface area contributed by atoms with Crippen LogP contribution < -0.4 is 0 Å². The highest BCUT2D eigenvalue weighted by atomic mass is 79.9. The minimum atomic E-state index is -0.0855. The summed E-state index contributed by atoms with van der Waals surface area (Å²) in [6.45, 7) is 0. The van der Waals surface area contributed by atoms with E-state index in [1.54, 1.807) is 0 Å². The van der Waals surface area contributed by atoms with Gasteiger partial charge in [-0.1, -0.05) is 71.2 Å². The third kappa shape index (κ3) is 2.72. The maximum absolute atomic E-state index is 13.3. The predicted octanol–water partition coefficient (Wildman–Crippen LogP) is 5.33. The van der Waals surface area contributed by atoms with E-state index < -0.39 is 0 Å². The number of rotatable bonds is 3. The molecule has 1 aliphatic carbocycles. The number of benzene rings is 2. The second-order valence-corrected chi connectivity index (χ2v) is 8.25. The van der Waals surface area contributed by atoms with Gasteiger partial charge in [0.25, 0.3) is 5.91 Å². The van der Waals surface area contributed by atoms with Crippen molar-refractivity contribution in [1.82, 2.24) is 15.1 Å². The first kappa shape index (κ1) is 16.8. The number of nitrogens with zero attached hydrogens (tertiary/aromatic N) is 2. The van der Waals surface area contributed by atoms with E-state index in [0.29, 0.717) is 11.7 Å². The first-order chi connectivity index (χ1) is 13.2. The Hall–Kier alpha value is -2.40. The number of aromatic nitrogens is 2. The molecule has 27 heavy (non-hydrogen) atoms. The fourth-order valence-corrected chi connectivity index (χ4v) is 4.78. The maximum Gasteiger partial charge on any atom is 0.273 e. The average molecular weight is 422 g/mol. The fourth-order valence-electron chi connectivity index (χ4n) is 4.51. The van der Waals surface area contributed by atoms with E-state index in [9.17, 15) is 4.79 Å². The van der Waals surface area contributed by atoms with E-state index in [0.717, 1.165) is 39.7 Å². The first-order valence-electron chi connectivity index (χ1n) is 9.46. The van der Waals surface area contributed by atoms with Crippen LogP contribution in [0.4, 0.5) is 0 Å². The highest BCUT2D eigenvalue weighted by Crippen LogP contribution is 2.46. The molecule has 5 heteroatoms. The van der Waals surface area contributed by atoms with Crippen molar-refractivity contribution in [1.29, 1.82) is 0 Å². The van der Waals surface area contributed by atoms with Gasteiger partial charge in [0.1, 0.15) is 5.69 Å². The molecule has 136 valence electrons. The van der Waals surface area contributed by atoms with E-state index >= 15 is 0 Å². The molecule has 0 saturated heterocycles. The van der Waals surface area contributed by atoms with E-state index in [1.165, 1.54) is 12.8 Å². The van der Waals surface area contributed by atoms with Crippen molar-refractivity contribution >= 4 is 21.8 Å². The molecule has 5 rings (SSSR count). The second-order valence-electron chi connectivity index (χ2n) is 7.33. The Labute approximate surface area is 166 Å². The summed E-state index contributed by atoms with van der Waals surface area (Å²) >= 11 is 3.52. The molecule has 1 atom stereocenters. The van der Waals surface area contributed by atoms with E-state index in [4.69, 9.17) is 0 Å². The molecule has 1 aliphatic heterocycles. The van der Waals surface area contributed by atoms with Gasteiger partial charge >= 0.3 is 0 Å². The zero-order chi connectivity index (χ0) is 18.4. The largest absolute Gasteiger partial charge is 0.323 e. The van der Waals surface area contributed by atoms with Gasteiger partial charge in [0.2, 0.25) is 0 Å². The van der Waals surface area contributed by atoms with Crippen LogP contribution in [0.1, 0.15) is 53.3 Å². The van der Waals surface area contributed by atoms with Crippen molar-refractivity contribution in [2.75, 3.05) is 0 Å². The minimum absolute atomic E-state index is 0.0829. The Kier molecular flexibility index (Phi) is 4.12. The van der Waals surface area contributed by atoms with Crippen LogP contribution in [0.5, 0.6) is 0 Å². The predicted molar refractivity (Wildman–Crippen MR) is 108 cm³/mol. The van der Waals surface area contributed by atoms with Crippen LogP contribution in [0.3, 0.4) is 0 Å². The molecular formula is C22H20BrN3O. The second kappa shape index (κ2) is 6.64. The van der Waals surface area contributed by atoms with Crippen molar-refractivity contribution in [3.05, 3.63) is 75.9 Å². The number of aromatic amines is 1. The first-order valence-corrected chi connectivity index (χ1v) is 10.2. The summed E-state index contributed by atoms with van der Waals surface area (Å²) in [6.07, 6.45) is 4.55. The molecule has 0 radical (unpaired) electrons. The van der Waals surface area contributed by atoms with E-state index in [1.807, 2.05) is 30.3 Å². The number of nitrogens with one attached hydrogen (secondary N) is 1. The third-order valence-electron chi connectivity index (χ3n) is 5.76. The molecular weight excluding hydrogens is 402 g/mol. The van der Waals surface area contributed by atoms with Crippen molar-refractivity contribution in [3.63, 3.8) is 0 Å². The van der Waals surface area contributed by atoms with Gasteiger partial charge in [0, 0.05) is 21.6 Å². The Morgan fingerprint density at radius 2 is 1.70 bits per heavy atom. The number of hydrogen-bond acceptors (Lipinski definition) is 2. The fraction of sp³-hybridized carbons (Fsp3) is 0.273. The number of fused-ring (bicyclic) bond motifs is 1. The Bertz CT molecular complexity index is 975. The van der Waals surface area contributed by atoms with E-state index in [-0.39, 0.29) is 11.9 Å². The van der Waals surface area contributed by atoms with Gasteiger partial charge in [-0.2, -0.15) is 5.10 Å². The average Bonchev–Trinajstić information content (AvgIpc) is 3.41. The summed E-state index contributed by atoms with van der Waals surface area (Å²) in [5.41, 5.74) is 4.72. The van der Waals surface area contributed by atoms with Gasteiger partial charge in [0.15, 0.2) is 0 Å². The molecule has 2 aromatic carbocycles. The molecule has 1 unspecified atom stereocenters. The summed E-state index contributed by atoms with van der Waals surface area (Å²) in [5.74, 6) is 0.0829. The molecule has 0 spiro atoms. The van der Waals surface area contributed by atoms with Gasteiger partial charge in [-0.3, -0.25) is 9.89 Å². The smallest absolute Gasteiger partial charge is 0.273 e. The normalized spacial score (nSPS) is 19.7. The lowest BCUT2D eigenvalue weighted by Crippen LogP contribution is -2.37. The van der Waals surface area contributed by atoms with Crippen LogP contribution in [-0.2, 0) is 0 Å². The molecule has 4 nitrogen and oxygen atoms in total. The molecule has 2 aliphatic rings. The quantitative estimate of drug-likeness (QED) is 0.621. The molecule has 3 aromatic rings. The van der Waals surface area contributed by atoms with Gasteiger partial charge in [0.05, 0.1) is 11.7 Å². The van der Waals surface area contributed by atoms with Gasteiger partial charge < -0.3 is 4.90 Å². The maximum atomic E-state index is 13.3. The highest BCUT2D eigenvalue weighted by molar-refractivity contribution is 9.10. The Balaban J connectivity index is 1.68. The highest BCUT2D eigenvalue weighted by Gasteiger charge is 2.45. The Morgan fingerprint density at radius 1 is 1.00 bits per heavy atom. The van der Waals surface area contributed by atoms with Crippen LogP contribution in [0.2, 0.25) is 0 Å². The molecule has 1 amide bonds. The lowest BCUT2D eigenvalue weighted by molar-refractivity contribution is 0.0660. The minimum Gasteiger partial charge on any atom is -0.323 e. The molecule has 1 saturated carbocycles.